The maximum atomic E-state index is 12.0. The van der Waals surface area contributed by atoms with Crippen LogP contribution in [0.1, 0.15) is 42.6 Å². The van der Waals surface area contributed by atoms with Gasteiger partial charge in [0.1, 0.15) is 11.6 Å². The van der Waals surface area contributed by atoms with Gasteiger partial charge >= 0.3 is 0 Å². The van der Waals surface area contributed by atoms with E-state index >= 15 is 0 Å². The monoisotopic (exact) mass is 481 g/mol. The van der Waals surface area contributed by atoms with Crippen molar-refractivity contribution in [2.24, 2.45) is 0 Å². The standard InChI is InChI=1S/C31H35N3O2/c1-25-13-7-10-18-29(25)36-24-12-23-34-28-17-9-8-16-27(28)33-30(34)19-6-3-11-22-32-31(35)21-20-26-14-4-2-5-15-26/h2,4-5,7-10,13-18,20-21H,3,6,11-12,19,22-24H2,1H3,(H,32,35)/b21-20+. The van der Waals surface area contributed by atoms with Crippen molar-refractivity contribution in [2.75, 3.05) is 13.2 Å². The van der Waals surface area contributed by atoms with Crippen molar-refractivity contribution in [1.29, 1.82) is 0 Å². The fourth-order valence-corrected chi connectivity index (χ4v) is 4.28. The number of fused-ring (bicyclic) bond motifs is 1. The largest absolute Gasteiger partial charge is 0.493 e. The lowest BCUT2D eigenvalue weighted by Gasteiger charge is -2.12. The summed E-state index contributed by atoms with van der Waals surface area (Å²) in [5, 5.41) is 2.98. The lowest BCUT2D eigenvalue weighted by molar-refractivity contribution is -0.116. The van der Waals surface area contributed by atoms with Crippen LogP contribution in [0.2, 0.25) is 0 Å². The normalized spacial score (nSPS) is 11.2. The van der Waals surface area contributed by atoms with Gasteiger partial charge in [0.25, 0.3) is 0 Å². The van der Waals surface area contributed by atoms with Crippen LogP contribution in [0.3, 0.4) is 0 Å². The van der Waals surface area contributed by atoms with Gasteiger partial charge in [0.05, 0.1) is 17.6 Å². The summed E-state index contributed by atoms with van der Waals surface area (Å²) in [6, 6.07) is 26.3. The molecule has 4 rings (SSSR count). The first-order chi connectivity index (χ1) is 17.7. The van der Waals surface area contributed by atoms with Gasteiger partial charge in [-0.05, 0) is 61.6 Å². The zero-order chi connectivity index (χ0) is 25.0. The second kappa shape index (κ2) is 13.3. The minimum Gasteiger partial charge on any atom is -0.493 e. The van der Waals surface area contributed by atoms with Gasteiger partial charge in [-0.15, -0.1) is 0 Å². The summed E-state index contributed by atoms with van der Waals surface area (Å²) in [4.78, 5) is 16.9. The van der Waals surface area contributed by atoms with E-state index in [-0.39, 0.29) is 5.91 Å². The van der Waals surface area contributed by atoms with Crippen LogP contribution in [-0.4, -0.2) is 28.6 Å². The van der Waals surface area contributed by atoms with Gasteiger partial charge in [-0.2, -0.15) is 0 Å². The Balaban J connectivity index is 1.21. The SMILES string of the molecule is Cc1ccccc1OCCCn1c(CCCCCNC(=O)/C=C/c2ccccc2)nc2ccccc21. The summed E-state index contributed by atoms with van der Waals surface area (Å²) in [5.41, 5.74) is 4.41. The molecule has 0 aliphatic carbocycles. The number of carbonyl (C=O) groups excluding carboxylic acids is 1. The van der Waals surface area contributed by atoms with E-state index in [0.717, 1.165) is 66.9 Å². The fourth-order valence-electron chi connectivity index (χ4n) is 4.28. The molecule has 0 atom stereocenters. The predicted octanol–water partition coefficient (Wildman–Crippen LogP) is 6.36. The second-order valence-electron chi connectivity index (χ2n) is 8.98. The van der Waals surface area contributed by atoms with Crippen LogP contribution < -0.4 is 10.1 Å². The molecule has 5 heteroatoms. The molecule has 1 N–H and O–H groups in total. The second-order valence-corrected chi connectivity index (χ2v) is 8.98. The van der Waals surface area contributed by atoms with E-state index < -0.39 is 0 Å². The van der Waals surface area contributed by atoms with Gasteiger partial charge in [-0.3, -0.25) is 4.79 Å². The topological polar surface area (TPSA) is 56.1 Å². The number of carbonyl (C=O) groups is 1. The number of unbranched alkanes of at least 4 members (excludes halogenated alkanes) is 2. The first-order valence-electron chi connectivity index (χ1n) is 12.8. The Labute approximate surface area is 213 Å². The highest BCUT2D eigenvalue weighted by molar-refractivity contribution is 5.91. The van der Waals surface area contributed by atoms with Gasteiger partial charge in [0.15, 0.2) is 0 Å². The maximum absolute atomic E-state index is 12.0. The van der Waals surface area contributed by atoms with Crippen molar-refractivity contribution in [3.8, 4) is 5.75 Å². The Kier molecular flexibility index (Phi) is 9.32. The average molecular weight is 482 g/mol. The number of aromatic nitrogens is 2. The van der Waals surface area contributed by atoms with Crippen molar-refractivity contribution in [3.05, 3.63) is 102 Å². The number of hydrogen-bond donors (Lipinski definition) is 1. The Morgan fingerprint density at radius 3 is 2.56 bits per heavy atom. The first-order valence-corrected chi connectivity index (χ1v) is 12.8. The maximum Gasteiger partial charge on any atom is 0.243 e. The van der Waals surface area contributed by atoms with Crippen molar-refractivity contribution in [2.45, 2.75) is 45.6 Å². The minimum absolute atomic E-state index is 0.0476. The summed E-state index contributed by atoms with van der Waals surface area (Å²) in [5.74, 6) is 2.03. The molecule has 0 spiro atoms. The van der Waals surface area contributed by atoms with Crippen molar-refractivity contribution >= 4 is 23.0 Å². The first kappa shape index (κ1) is 25.2. The Morgan fingerprint density at radius 1 is 0.917 bits per heavy atom. The Morgan fingerprint density at radius 2 is 1.69 bits per heavy atom. The molecule has 0 saturated carbocycles. The van der Waals surface area contributed by atoms with E-state index in [4.69, 9.17) is 9.72 Å². The molecule has 0 radical (unpaired) electrons. The summed E-state index contributed by atoms with van der Waals surface area (Å²) in [6.07, 6.45) is 8.32. The van der Waals surface area contributed by atoms with E-state index in [2.05, 4.69) is 41.1 Å². The summed E-state index contributed by atoms with van der Waals surface area (Å²) >= 11 is 0. The molecule has 0 bridgehead atoms. The molecule has 1 heterocycles. The zero-order valence-electron chi connectivity index (χ0n) is 21.0. The average Bonchev–Trinajstić information content (AvgIpc) is 3.26. The zero-order valence-corrected chi connectivity index (χ0v) is 21.0. The van der Waals surface area contributed by atoms with E-state index in [1.807, 2.05) is 60.7 Å². The molecular weight excluding hydrogens is 446 g/mol. The summed E-state index contributed by atoms with van der Waals surface area (Å²) in [6.45, 7) is 4.31. The van der Waals surface area contributed by atoms with Crippen LogP contribution in [0, 0.1) is 6.92 Å². The van der Waals surface area contributed by atoms with Crippen molar-refractivity contribution < 1.29 is 9.53 Å². The number of nitrogens with zero attached hydrogens (tertiary/aromatic N) is 2. The quantitative estimate of drug-likeness (QED) is 0.179. The molecule has 1 aromatic heterocycles. The summed E-state index contributed by atoms with van der Waals surface area (Å²) in [7, 11) is 0. The number of benzene rings is 3. The number of aryl methyl sites for hydroxylation is 3. The van der Waals surface area contributed by atoms with Crippen LogP contribution in [-0.2, 0) is 17.8 Å². The van der Waals surface area contributed by atoms with Crippen molar-refractivity contribution in [3.63, 3.8) is 0 Å². The lowest BCUT2D eigenvalue weighted by atomic mass is 10.2. The Bertz CT molecular complexity index is 1280. The molecule has 36 heavy (non-hydrogen) atoms. The molecule has 0 saturated heterocycles. The van der Waals surface area contributed by atoms with Crippen LogP contribution in [0.5, 0.6) is 5.75 Å². The number of hydrogen-bond acceptors (Lipinski definition) is 3. The number of para-hydroxylation sites is 3. The number of imidazole rings is 1. The molecule has 0 aliphatic heterocycles. The third kappa shape index (κ3) is 7.32. The molecule has 0 aliphatic rings. The molecule has 3 aromatic carbocycles. The predicted molar refractivity (Wildman–Crippen MR) is 147 cm³/mol. The van der Waals surface area contributed by atoms with E-state index in [1.165, 1.54) is 5.52 Å². The molecule has 5 nitrogen and oxygen atoms in total. The van der Waals surface area contributed by atoms with E-state index in [9.17, 15) is 4.79 Å². The van der Waals surface area contributed by atoms with E-state index in [1.54, 1.807) is 6.08 Å². The number of rotatable bonds is 13. The molecule has 0 fully saturated rings. The smallest absolute Gasteiger partial charge is 0.243 e. The molecule has 4 aromatic rings. The molecule has 186 valence electrons. The highest BCUT2D eigenvalue weighted by Crippen LogP contribution is 2.20. The lowest BCUT2D eigenvalue weighted by Crippen LogP contribution is -2.22. The van der Waals surface area contributed by atoms with Gasteiger partial charge in [-0.1, -0.05) is 67.1 Å². The highest BCUT2D eigenvalue weighted by atomic mass is 16.5. The van der Waals surface area contributed by atoms with Gasteiger partial charge in [0.2, 0.25) is 5.91 Å². The number of ether oxygens (including phenoxy) is 1. The van der Waals surface area contributed by atoms with Gasteiger partial charge in [-0.25, -0.2) is 4.98 Å². The Hall–Kier alpha value is -3.86. The molecule has 1 amide bonds. The number of amides is 1. The third-order valence-corrected chi connectivity index (χ3v) is 6.21. The van der Waals surface area contributed by atoms with Crippen molar-refractivity contribution in [1.82, 2.24) is 14.9 Å². The van der Waals surface area contributed by atoms with Crippen LogP contribution in [0.4, 0.5) is 0 Å². The van der Waals surface area contributed by atoms with Crippen LogP contribution in [0.15, 0.2) is 84.9 Å². The minimum atomic E-state index is -0.0476. The summed E-state index contributed by atoms with van der Waals surface area (Å²) < 4.78 is 8.34. The highest BCUT2D eigenvalue weighted by Gasteiger charge is 2.10. The van der Waals surface area contributed by atoms with Crippen LogP contribution in [0.25, 0.3) is 17.1 Å². The van der Waals surface area contributed by atoms with Gasteiger partial charge in [0, 0.05) is 25.6 Å². The fraction of sp³-hybridized carbons (Fsp3) is 0.290. The van der Waals surface area contributed by atoms with Crippen LogP contribution >= 0.6 is 0 Å². The molecular formula is C31H35N3O2. The van der Waals surface area contributed by atoms with E-state index in [0.29, 0.717) is 13.2 Å². The van der Waals surface area contributed by atoms with Gasteiger partial charge < -0.3 is 14.6 Å². The number of nitrogens with one attached hydrogen (secondary N) is 1. The third-order valence-electron chi connectivity index (χ3n) is 6.21. The molecule has 0 unspecified atom stereocenters.